The van der Waals surface area contributed by atoms with E-state index < -0.39 is 21.2 Å². The largest absolute Gasteiger partial charge is 0.391 e. The summed E-state index contributed by atoms with van der Waals surface area (Å²) in [7, 11) is 0.323. The molecule has 1 N–H and O–H groups in total. The van der Waals surface area contributed by atoms with E-state index in [2.05, 4.69) is 0 Å². The smallest absolute Gasteiger partial charge is 0.181 e. The Hall–Kier alpha value is -0.910. The van der Waals surface area contributed by atoms with Crippen molar-refractivity contribution < 1.29 is 13.5 Å². The molecular formula is C17H27NO3S. The van der Waals surface area contributed by atoms with Crippen molar-refractivity contribution in [2.24, 2.45) is 0 Å². The standard InChI is InChI=1S/C17H27NO3S/c1-17(2,3)13-8-6-7-9-16(13)22(20,21)12-10-14(18(4)5)15(19)11-12/h6-9,12,14-15,19H,10-11H2,1-5H3. The van der Waals surface area contributed by atoms with Crippen LogP contribution in [0.5, 0.6) is 0 Å². The topological polar surface area (TPSA) is 57.6 Å². The van der Waals surface area contributed by atoms with Crippen LogP contribution in [0.3, 0.4) is 0 Å². The fourth-order valence-electron chi connectivity index (χ4n) is 3.27. The van der Waals surface area contributed by atoms with E-state index in [0.29, 0.717) is 17.7 Å². The molecule has 1 saturated carbocycles. The predicted molar refractivity (Wildman–Crippen MR) is 88.8 cm³/mol. The van der Waals surface area contributed by atoms with Gasteiger partial charge in [0.05, 0.1) is 16.2 Å². The van der Waals surface area contributed by atoms with Crippen LogP contribution in [-0.2, 0) is 15.3 Å². The Morgan fingerprint density at radius 2 is 1.73 bits per heavy atom. The molecule has 1 aliphatic carbocycles. The Morgan fingerprint density at radius 1 is 1.14 bits per heavy atom. The summed E-state index contributed by atoms with van der Waals surface area (Å²) in [5.41, 5.74) is 0.611. The first kappa shape index (κ1) is 17.4. The third-order valence-electron chi connectivity index (χ3n) is 4.56. The van der Waals surface area contributed by atoms with E-state index in [1.807, 2.05) is 51.9 Å². The minimum Gasteiger partial charge on any atom is -0.391 e. The van der Waals surface area contributed by atoms with Gasteiger partial charge in [-0.3, -0.25) is 0 Å². The Bertz CT molecular complexity index is 632. The normalized spacial score (nSPS) is 26.6. The summed E-state index contributed by atoms with van der Waals surface area (Å²) < 4.78 is 26.2. The number of hydrogen-bond donors (Lipinski definition) is 1. The SMILES string of the molecule is CN(C)C1CC(S(=O)(=O)c2ccccc2C(C)(C)C)CC1O. The van der Waals surface area contributed by atoms with Crippen molar-refractivity contribution >= 4 is 9.84 Å². The van der Waals surface area contributed by atoms with E-state index >= 15 is 0 Å². The van der Waals surface area contributed by atoms with Crippen molar-refractivity contribution in [3.63, 3.8) is 0 Å². The van der Waals surface area contributed by atoms with E-state index in [0.717, 1.165) is 5.56 Å². The minimum absolute atomic E-state index is 0.0958. The molecule has 2 rings (SSSR count). The van der Waals surface area contributed by atoms with Crippen LogP contribution < -0.4 is 0 Å². The van der Waals surface area contributed by atoms with E-state index in [1.165, 1.54) is 0 Å². The monoisotopic (exact) mass is 325 g/mol. The molecule has 0 spiro atoms. The highest BCUT2D eigenvalue weighted by Gasteiger charge is 2.42. The number of nitrogens with zero attached hydrogens (tertiary/aromatic N) is 1. The molecule has 1 aromatic carbocycles. The maximum absolute atomic E-state index is 13.1. The van der Waals surface area contributed by atoms with Crippen LogP contribution in [0.1, 0.15) is 39.2 Å². The lowest BCUT2D eigenvalue weighted by Gasteiger charge is -2.24. The third kappa shape index (κ3) is 3.21. The highest BCUT2D eigenvalue weighted by Crippen LogP contribution is 2.36. The van der Waals surface area contributed by atoms with E-state index in [4.69, 9.17) is 0 Å². The van der Waals surface area contributed by atoms with Gasteiger partial charge in [-0.25, -0.2) is 8.42 Å². The van der Waals surface area contributed by atoms with Crippen LogP contribution in [0.4, 0.5) is 0 Å². The zero-order chi connectivity index (χ0) is 16.7. The number of aliphatic hydroxyl groups is 1. The van der Waals surface area contributed by atoms with Gasteiger partial charge in [-0.15, -0.1) is 0 Å². The Kier molecular flexibility index (Phi) is 4.71. The Labute approximate surface area is 134 Å². The van der Waals surface area contributed by atoms with E-state index in [1.54, 1.807) is 12.1 Å². The van der Waals surface area contributed by atoms with Gasteiger partial charge in [0, 0.05) is 6.04 Å². The summed E-state index contributed by atoms with van der Waals surface area (Å²) >= 11 is 0. The third-order valence-corrected chi connectivity index (χ3v) is 6.79. The summed E-state index contributed by atoms with van der Waals surface area (Å²) in [5.74, 6) is 0. The number of rotatable bonds is 3. The average Bonchev–Trinajstić information content (AvgIpc) is 2.81. The van der Waals surface area contributed by atoms with Crippen LogP contribution in [0.25, 0.3) is 0 Å². The van der Waals surface area contributed by atoms with Crippen LogP contribution in [-0.4, -0.2) is 49.9 Å². The highest BCUT2D eigenvalue weighted by atomic mass is 32.2. The fraction of sp³-hybridized carbons (Fsp3) is 0.647. The van der Waals surface area contributed by atoms with Gasteiger partial charge < -0.3 is 10.0 Å². The van der Waals surface area contributed by atoms with Gasteiger partial charge in [-0.2, -0.15) is 0 Å². The molecule has 0 heterocycles. The quantitative estimate of drug-likeness (QED) is 0.926. The second-order valence-corrected chi connectivity index (χ2v) is 9.68. The van der Waals surface area contributed by atoms with Gasteiger partial charge in [-0.1, -0.05) is 39.0 Å². The van der Waals surface area contributed by atoms with Gasteiger partial charge in [0.25, 0.3) is 0 Å². The van der Waals surface area contributed by atoms with Crippen molar-refractivity contribution in [3.05, 3.63) is 29.8 Å². The van der Waals surface area contributed by atoms with Gasteiger partial charge in [-0.05, 0) is 44.0 Å². The minimum atomic E-state index is -3.44. The zero-order valence-electron chi connectivity index (χ0n) is 14.1. The lowest BCUT2D eigenvalue weighted by atomic mass is 9.87. The molecule has 124 valence electrons. The predicted octanol–water partition coefficient (Wildman–Crippen LogP) is 2.21. The molecule has 0 bridgehead atoms. The first-order valence-electron chi connectivity index (χ1n) is 7.73. The van der Waals surface area contributed by atoms with Crippen LogP contribution in [0, 0.1) is 0 Å². The second-order valence-electron chi connectivity index (χ2n) is 7.48. The zero-order valence-corrected chi connectivity index (χ0v) is 14.9. The number of aliphatic hydroxyl groups excluding tert-OH is 1. The lowest BCUT2D eigenvalue weighted by molar-refractivity contribution is 0.100. The van der Waals surface area contributed by atoms with E-state index in [-0.39, 0.29) is 11.5 Å². The molecule has 0 aliphatic heterocycles. The molecule has 0 saturated heterocycles. The van der Waals surface area contributed by atoms with Crippen LogP contribution >= 0.6 is 0 Å². The maximum Gasteiger partial charge on any atom is 0.181 e. The lowest BCUT2D eigenvalue weighted by Crippen LogP contribution is -2.34. The molecule has 1 fully saturated rings. The Morgan fingerprint density at radius 3 is 2.23 bits per heavy atom. The van der Waals surface area contributed by atoms with E-state index in [9.17, 15) is 13.5 Å². The van der Waals surface area contributed by atoms with Gasteiger partial charge in [0.2, 0.25) is 0 Å². The van der Waals surface area contributed by atoms with Crippen molar-refractivity contribution in [2.75, 3.05) is 14.1 Å². The van der Waals surface area contributed by atoms with Gasteiger partial charge in [0.15, 0.2) is 9.84 Å². The highest BCUT2D eigenvalue weighted by molar-refractivity contribution is 7.92. The van der Waals surface area contributed by atoms with Crippen molar-refractivity contribution in [1.82, 2.24) is 4.90 Å². The molecule has 3 atom stereocenters. The molecule has 1 aromatic rings. The van der Waals surface area contributed by atoms with Crippen LogP contribution in [0.2, 0.25) is 0 Å². The number of likely N-dealkylation sites (N-methyl/N-ethyl adjacent to an activating group) is 1. The first-order chi connectivity index (χ1) is 10.0. The molecule has 3 unspecified atom stereocenters. The fourth-order valence-corrected chi connectivity index (χ4v) is 5.48. The molecule has 0 aromatic heterocycles. The molecule has 0 radical (unpaired) electrons. The van der Waals surface area contributed by atoms with Crippen molar-refractivity contribution in [1.29, 1.82) is 0 Å². The van der Waals surface area contributed by atoms with Crippen LogP contribution in [0.15, 0.2) is 29.2 Å². The number of sulfone groups is 1. The molecule has 22 heavy (non-hydrogen) atoms. The summed E-state index contributed by atoms with van der Waals surface area (Å²) in [6.07, 6.45) is 0.204. The Balaban J connectivity index is 2.41. The maximum atomic E-state index is 13.1. The molecule has 4 nitrogen and oxygen atoms in total. The molecule has 5 heteroatoms. The summed E-state index contributed by atoms with van der Waals surface area (Å²) in [5, 5.41) is 9.65. The average molecular weight is 325 g/mol. The van der Waals surface area contributed by atoms with Crippen molar-refractivity contribution in [3.8, 4) is 0 Å². The number of benzene rings is 1. The second kappa shape index (κ2) is 5.95. The summed E-state index contributed by atoms with van der Waals surface area (Å²) in [6.45, 7) is 6.06. The molecular weight excluding hydrogens is 298 g/mol. The van der Waals surface area contributed by atoms with Crippen molar-refractivity contribution in [2.45, 2.75) is 61.3 Å². The summed E-state index contributed by atoms with van der Waals surface area (Å²) in [6, 6.07) is 7.15. The summed E-state index contributed by atoms with van der Waals surface area (Å²) in [4.78, 5) is 2.33. The van der Waals surface area contributed by atoms with Gasteiger partial charge in [0.1, 0.15) is 0 Å². The van der Waals surface area contributed by atoms with Gasteiger partial charge >= 0.3 is 0 Å². The number of hydrogen-bond acceptors (Lipinski definition) is 4. The molecule has 1 aliphatic rings. The molecule has 0 amide bonds. The first-order valence-corrected chi connectivity index (χ1v) is 9.27.